The fraction of sp³-hybridized carbons (Fsp3) is 0.357. The summed E-state index contributed by atoms with van der Waals surface area (Å²) in [7, 11) is 0. The van der Waals surface area contributed by atoms with E-state index in [1.165, 1.54) is 6.07 Å². The maximum atomic E-state index is 12.3. The molecule has 1 aromatic carbocycles. The Bertz CT molecular complexity index is 550. The van der Waals surface area contributed by atoms with Crippen molar-refractivity contribution < 1.29 is 18.3 Å². The molecule has 0 unspecified atom stereocenters. The standard InChI is InChI=1S/C14H16F2N2O2S/c1-2-19-13-5-10(3-4-12(13)20-14(15)16)6-17-7-11-8-21-9-18-11/h3-5,8-9,14,17H,2,6-7H2,1H3. The van der Waals surface area contributed by atoms with E-state index in [9.17, 15) is 8.78 Å². The van der Waals surface area contributed by atoms with Gasteiger partial charge in [0.05, 0.1) is 17.8 Å². The first kappa shape index (κ1) is 15.7. The summed E-state index contributed by atoms with van der Waals surface area (Å²) in [5.74, 6) is 0.376. The fourth-order valence-electron chi connectivity index (χ4n) is 1.78. The molecule has 4 nitrogen and oxygen atoms in total. The van der Waals surface area contributed by atoms with Gasteiger partial charge >= 0.3 is 6.61 Å². The van der Waals surface area contributed by atoms with E-state index in [1.807, 2.05) is 5.38 Å². The van der Waals surface area contributed by atoms with Crippen molar-refractivity contribution in [2.45, 2.75) is 26.6 Å². The van der Waals surface area contributed by atoms with Crippen LogP contribution < -0.4 is 14.8 Å². The van der Waals surface area contributed by atoms with Crippen molar-refractivity contribution in [3.8, 4) is 11.5 Å². The molecule has 0 saturated heterocycles. The summed E-state index contributed by atoms with van der Waals surface area (Å²) in [4.78, 5) is 4.17. The van der Waals surface area contributed by atoms with Crippen molar-refractivity contribution in [1.82, 2.24) is 10.3 Å². The number of thiazole rings is 1. The number of nitrogens with one attached hydrogen (secondary N) is 1. The van der Waals surface area contributed by atoms with Gasteiger partial charge in [-0.15, -0.1) is 11.3 Å². The summed E-state index contributed by atoms with van der Waals surface area (Å²) in [6.45, 7) is 0.557. The van der Waals surface area contributed by atoms with E-state index in [1.54, 1.807) is 35.9 Å². The lowest BCUT2D eigenvalue weighted by molar-refractivity contribution is -0.0514. The number of nitrogens with zero attached hydrogens (tertiary/aromatic N) is 1. The Morgan fingerprint density at radius 2 is 2.14 bits per heavy atom. The van der Waals surface area contributed by atoms with Crippen LogP contribution in [-0.2, 0) is 13.1 Å². The highest BCUT2D eigenvalue weighted by Crippen LogP contribution is 2.29. The Morgan fingerprint density at radius 1 is 1.29 bits per heavy atom. The van der Waals surface area contributed by atoms with E-state index in [0.717, 1.165) is 11.3 Å². The van der Waals surface area contributed by atoms with Crippen molar-refractivity contribution >= 4 is 11.3 Å². The SMILES string of the molecule is CCOc1cc(CNCc2cscn2)ccc1OC(F)F. The lowest BCUT2D eigenvalue weighted by Crippen LogP contribution is -2.13. The molecule has 0 atom stereocenters. The van der Waals surface area contributed by atoms with Gasteiger partial charge in [0.15, 0.2) is 11.5 Å². The number of benzene rings is 1. The quantitative estimate of drug-likeness (QED) is 0.810. The molecule has 7 heteroatoms. The van der Waals surface area contributed by atoms with Gasteiger partial charge in [0.2, 0.25) is 0 Å². The topological polar surface area (TPSA) is 43.4 Å². The fourth-order valence-corrected chi connectivity index (χ4v) is 2.34. The molecular weight excluding hydrogens is 298 g/mol. The van der Waals surface area contributed by atoms with Crippen molar-refractivity contribution in [2.75, 3.05) is 6.61 Å². The largest absolute Gasteiger partial charge is 0.490 e. The minimum absolute atomic E-state index is 0.0510. The Labute approximate surface area is 125 Å². The molecule has 0 spiro atoms. The summed E-state index contributed by atoms with van der Waals surface area (Å²) >= 11 is 1.54. The Morgan fingerprint density at radius 3 is 2.81 bits per heavy atom. The monoisotopic (exact) mass is 314 g/mol. The summed E-state index contributed by atoms with van der Waals surface area (Å²) in [5.41, 5.74) is 3.68. The van der Waals surface area contributed by atoms with E-state index in [4.69, 9.17) is 4.74 Å². The van der Waals surface area contributed by atoms with E-state index in [2.05, 4.69) is 15.0 Å². The predicted molar refractivity (Wildman–Crippen MR) is 76.9 cm³/mol. The van der Waals surface area contributed by atoms with Crippen LogP contribution >= 0.6 is 11.3 Å². The van der Waals surface area contributed by atoms with Crippen LogP contribution in [0.15, 0.2) is 29.1 Å². The molecule has 114 valence electrons. The normalized spacial score (nSPS) is 10.9. The smallest absolute Gasteiger partial charge is 0.387 e. The third-order valence-corrected chi connectivity index (χ3v) is 3.28. The molecular formula is C14H16F2N2O2S. The van der Waals surface area contributed by atoms with Crippen molar-refractivity contribution in [1.29, 1.82) is 0 Å². The van der Waals surface area contributed by atoms with Gasteiger partial charge in [-0.1, -0.05) is 6.07 Å². The molecule has 0 radical (unpaired) electrons. The van der Waals surface area contributed by atoms with Crippen molar-refractivity contribution in [3.63, 3.8) is 0 Å². The van der Waals surface area contributed by atoms with Crippen LogP contribution in [0.5, 0.6) is 11.5 Å². The van der Waals surface area contributed by atoms with E-state index in [0.29, 0.717) is 25.4 Å². The van der Waals surface area contributed by atoms with Gasteiger partial charge < -0.3 is 14.8 Å². The van der Waals surface area contributed by atoms with Crippen LogP contribution in [-0.4, -0.2) is 18.2 Å². The number of alkyl halides is 2. The molecule has 2 rings (SSSR count). The minimum Gasteiger partial charge on any atom is -0.490 e. The molecule has 2 aromatic rings. The highest BCUT2D eigenvalue weighted by atomic mass is 32.1. The second-order valence-electron chi connectivity index (χ2n) is 4.18. The second-order valence-corrected chi connectivity index (χ2v) is 4.89. The van der Waals surface area contributed by atoms with Crippen LogP contribution in [0.3, 0.4) is 0 Å². The maximum absolute atomic E-state index is 12.3. The van der Waals surface area contributed by atoms with Crippen LogP contribution in [0.1, 0.15) is 18.2 Å². The summed E-state index contributed by atoms with van der Waals surface area (Å²) in [6, 6.07) is 4.93. The third kappa shape index (κ3) is 4.95. The van der Waals surface area contributed by atoms with E-state index in [-0.39, 0.29) is 5.75 Å². The number of ether oxygens (including phenoxy) is 2. The second kappa shape index (κ2) is 7.90. The zero-order valence-electron chi connectivity index (χ0n) is 11.5. The number of aromatic nitrogens is 1. The number of hydrogen-bond acceptors (Lipinski definition) is 5. The average Bonchev–Trinajstić information content (AvgIpc) is 2.94. The van der Waals surface area contributed by atoms with E-state index < -0.39 is 6.61 Å². The van der Waals surface area contributed by atoms with Crippen molar-refractivity contribution in [2.24, 2.45) is 0 Å². The van der Waals surface area contributed by atoms with Crippen LogP contribution in [0.2, 0.25) is 0 Å². The zero-order valence-corrected chi connectivity index (χ0v) is 12.3. The van der Waals surface area contributed by atoms with Gasteiger partial charge in [-0.3, -0.25) is 0 Å². The molecule has 1 aromatic heterocycles. The lowest BCUT2D eigenvalue weighted by Gasteiger charge is -2.13. The van der Waals surface area contributed by atoms with Gasteiger partial charge in [-0.2, -0.15) is 8.78 Å². The lowest BCUT2D eigenvalue weighted by atomic mass is 10.2. The molecule has 0 aliphatic heterocycles. The minimum atomic E-state index is -2.86. The third-order valence-electron chi connectivity index (χ3n) is 2.64. The molecule has 21 heavy (non-hydrogen) atoms. The van der Waals surface area contributed by atoms with Gasteiger partial charge in [0, 0.05) is 18.5 Å². The molecule has 1 N–H and O–H groups in total. The van der Waals surface area contributed by atoms with E-state index >= 15 is 0 Å². The molecule has 0 fully saturated rings. The highest BCUT2D eigenvalue weighted by molar-refractivity contribution is 7.07. The van der Waals surface area contributed by atoms with Gasteiger partial charge in [-0.25, -0.2) is 4.98 Å². The summed E-state index contributed by atoms with van der Waals surface area (Å²) in [5, 5.41) is 5.20. The summed E-state index contributed by atoms with van der Waals surface area (Å²) in [6.07, 6.45) is 0. The summed E-state index contributed by atoms with van der Waals surface area (Å²) < 4.78 is 34.4. The first-order chi connectivity index (χ1) is 10.2. The number of halogens is 2. The Balaban J connectivity index is 1.97. The molecule has 0 saturated carbocycles. The van der Waals surface area contributed by atoms with Crippen LogP contribution in [0.25, 0.3) is 0 Å². The maximum Gasteiger partial charge on any atom is 0.387 e. The number of hydrogen-bond donors (Lipinski definition) is 1. The molecule has 0 aliphatic carbocycles. The van der Waals surface area contributed by atoms with Gasteiger partial charge in [-0.05, 0) is 24.6 Å². The van der Waals surface area contributed by atoms with Crippen molar-refractivity contribution in [3.05, 3.63) is 40.3 Å². The van der Waals surface area contributed by atoms with Gasteiger partial charge in [0.1, 0.15) is 0 Å². The average molecular weight is 314 g/mol. The van der Waals surface area contributed by atoms with Crippen LogP contribution in [0.4, 0.5) is 8.78 Å². The molecule has 0 amide bonds. The first-order valence-electron chi connectivity index (χ1n) is 6.47. The highest BCUT2D eigenvalue weighted by Gasteiger charge is 2.11. The Hall–Kier alpha value is -1.73. The molecule has 1 heterocycles. The van der Waals surface area contributed by atoms with Crippen LogP contribution in [0, 0.1) is 0 Å². The zero-order chi connectivity index (χ0) is 15.1. The molecule has 0 bridgehead atoms. The van der Waals surface area contributed by atoms with Gasteiger partial charge in [0.25, 0.3) is 0 Å². The Kier molecular flexibility index (Phi) is 5.89. The number of rotatable bonds is 8. The predicted octanol–water partition coefficient (Wildman–Crippen LogP) is 3.43. The molecule has 0 aliphatic rings. The first-order valence-corrected chi connectivity index (χ1v) is 7.41.